The Morgan fingerprint density at radius 3 is 2.31 bits per heavy atom. The average molecular weight is 415 g/mol. The topological polar surface area (TPSA) is 131 Å². The van der Waals surface area contributed by atoms with Crippen molar-refractivity contribution in [2.75, 3.05) is 23.3 Å². The molecule has 0 spiro atoms. The number of hydrogen-bond donors (Lipinski definition) is 2. The van der Waals surface area contributed by atoms with E-state index in [9.17, 15) is 25.0 Å². The van der Waals surface area contributed by atoms with Crippen LogP contribution in [0.25, 0.3) is 0 Å². The van der Waals surface area contributed by atoms with Crippen LogP contribution >= 0.6 is 12.2 Å². The first-order valence-electron chi connectivity index (χ1n) is 8.76. The summed E-state index contributed by atoms with van der Waals surface area (Å²) >= 11 is 5.05. The van der Waals surface area contributed by atoms with Crippen molar-refractivity contribution in [3.63, 3.8) is 0 Å². The van der Waals surface area contributed by atoms with Crippen LogP contribution in [0.15, 0.2) is 42.5 Å². The fraction of sp³-hybridized carbons (Fsp3) is 0.222. The highest BCUT2D eigenvalue weighted by Gasteiger charge is 2.24. The van der Waals surface area contributed by atoms with Crippen molar-refractivity contribution in [3.8, 4) is 0 Å². The quantitative estimate of drug-likeness (QED) is 0.432. The zero-order valence-corrected chi connectivity index (χ0v) is 16.0. The van der Waals surface area contributed by atoms with Crippen LogP contribution in [-0.4, -0.2) is 34.0 Å². The highest BCUT2D eigenvalue weighted by atomic mass is 32.1. The molecule has 0 atom stereocenters. The molecule has 1 fully saturated rings. The van der Waals surface area contributed by atoms with Gasteiger partial charge >= 0.3 is 0 Å². The van der Waals surface area contributed by atoms with Crippen molar-refractivity contribution in [1.82, 2.24) is 5.32 Å². The van der Waals surface area contributed by atoms with Crippen LogP contribution in [0.3, 0.4) is 0 Å². The molecule has 1 amide bonds. The Balaban J connectivity index is 1.75. The van der Waals surface area contributed by atoms with E-state index in [1.165, 1.54) is 30.3 Å². The van der Waals surface area contributed by atoms with Crippen LogP contribution in [0, 0.1) is 20.2 Å². The maximum Gasteiger partial charge on any atom is 0.293 e. The molecule has 11 heteroatoms. The fourth-order valence-electron chi connectivity index (χ4n) is 3.10. The van der Waals surface area contributed by atoms with Gasteiger partial charge in [0.25, 0.3) is 17.3 Å². The van der Waals surface area contributed by atoms with Crippen molar-refractivity contribution in [2.24, 2.45) is 0 Å². The molecule has 10 nitrogen and oxygen atoms in total. The normalized spacial score (nSPS) is 13.0. The largest absolute Gasteiger partial charge is 0.366 e. The van der Waals surface area contributed by atoms with Crippen molar-refractivity contribution < 1.29 is 14.6 Å². The van der Waals surface area contributed by atoms with E-state index in [-0.39, 0.29) is 27.7 Å². The summed E-state index contributed by atoms with van der Waals surface area (Å²) < 4.78 is 0. The Hall–Kier alpha value is -3.60. The predicted octanol–water partition coefficient (Wildman–Crippen LogP) is 3.23. The maximum atomic E-state index is 12.5. The van der Waals surface area contributed by atoms with E-state index in [4.69, 9.17) is 12.2 Å². The van der Waals surface area contributed by atoms with Crippen molar-refractivity contribution >= 4 is 46.0 Å². The van der Waals surface area contributed by atoms with Crippen LogP contribution in [0.5, 0.6) is 0 Å². The highest BCUT2D eigenvalue weighted by Crippen LogP contribution is 2.31. The number of benzene rings is 2. The van der Waals surface area contributed by atoms with Crippen LogP contribution in [0.1, 0.15) is 23.2 Å². The molecule has 1 heterocycles. The lowest BCUT2D eigenvalue weighted by Crippen LogP contribution is -2.34. The Morgan fingerprint density at radius 1 is 1.00 bits per heavy atom. The summed E-state index contributed by atoms with van der Waals surface area (Å²) in [6.07, 6.45) is 1.93. The summed E-state index contributed by atoms with van der Waals surface area (Å²) in [4.78, 5) is 35.8. The van der Waals surface area contributed by atoms with Crippen LogP contribution in [0.4, 0.5) is 22.7 Å². The molecular weight excluding hydrogens is 398 g/mol. The Kier molecular flexibility index (Phi) is 5.98. The number of nitro benzene ring substituents is 2. The molecular formula is C18H17N5O5S. The molecule has 0 unspecified atom stereocenters. The summed E-state index contributed by atoms with van der Waals surface area (Å²) in [5, 5.41) is 27.4. The second kappa shape index (κ2) is 8.61. The first kappa shape index (κ1) is 20.1. The predicted molar refractivity (Wildman–Crippen MR) is 111 cm³/mol. The van der Waals surface area contributed by atoms with E-state index in [1.54, 1.807) is 12.1 Å². The molecule has 0 bridgehead atoms. The number of rotatable bonds is 5. The molecule has 0 aliphatic carbocycles. The molecule has 3 rings (SSSR count). The third kappa shape index (κ3) is 4.63. The Labute approximate surface area is 170 Å². The molecule has 0 saturated carbocycles. The number of nitrogens with zero attached hydrogens (tertiary/aromatic N) is 3. The van der Waals surface area contributed by atoms with E-state index in [2.05, 4.69) is 10.6 Å². The van der Waals surface area contributed by atoms with Gasteiger partial charge in [0.05, 0.1) is 9.85 Å². The van der Waals surface area contributed by atoms with Gasteiger partial charge in [-0.25, -0.2) is 0 Å². The van der Waals surface area contributed by atoms with Gasteiger partial charge in [-0.05, 0) is 43.3 Å². The van der Waals surface area contributed by atoms with Gasteiger partial charge in [-0.1, -0.05) is 12.1 Å². The number of nitro groups is 2. The molecule has 2 aromatic carbocycles. The van der Waals surface area contributed by atoms with Gasteiger partial charge in [0, 0.05) is 30.8 Å². The van der Waals surface area contributed by atoms with E-state index in [1.807, 2.05) is 4.90 Å². The summed E-state index contributed by atoms with van der Waals surface area (Å²) in [6.45, 7) is 1.46. The summed E-state index contributed by atoms with van der Waals surface area (Å²) in [6, 6.07) is 10.1. The molecule has 1 saturated heterocycles. The number of hydrogen-bond acceptors (Lipinski definition) is 7. The minimum absolute atomic E-state index is 0.0614. The Bertz CT molecular complexity index is 990. The second-order valence-electron chi connectivity index (χ2n) is 6.34. The number of amides is 1. The number of thiocarbonyl (C=S) groups is 1. The number of carbonyl (C=O) groups excluding carboxylic acids is 1. The minimum atomic E-state index is -0.655. The average Bonchev–Trinajstić information content (AvgIpc) is 3.22. The van der Waals surface area contributed by atoms with Gasteiger partial charge < -0.3 is 10.2 Å². The van der Waals surface area contributed by atoms with Crippen molar-refractivity contribution in [3.05, 3.63) is 68.3 Å². The molecule has 150 valence electrons. The monoisotopic (exact) mass is 415 g/mol. The van der Waals surface area contributed by atoms with Crippen LogP contribution in [-0.2, 0) is 0 Å². The molecule has 29 heavy (non-hydrogen) atoms. The lowest BCUT2D eigenvalue weighted by molar-refractivity contribution is -0.384. The van der Waals surface area contributed by atoms with E-state index in [0.717, 1.165) is 25.9 Å². The summed E-state index contributed by atoms with van der Waals surface area (Å²) in [5.41, 5.74) is 0.306. The van der Waals surface area contributed by atoms with Gasteiger partial charge in [-0.15, -0.1) is 0 Å². The molecule has 2 N–H and O–H groups in total. The third-order valence-electron chi connectivity index (χ3n) is 4.46. The molecule has 1 aliphatic rings. The first-order valence-corrected chi connectivity index (χ1v) is 9.17. The number of anilines is 2. The number of nitrogens with one attached hydrogen (secondary N) is 2. The fourth-order valence-corrected chi connectivity index (χ4v) is 3.31. The second-order valence-corrected chi connectivity index (χ2v) is 6.75. The van der Waals surface area contributed by atoms with Crippen molar-refractivity contribution in [1.29, 1.82) is 0 Å². The number of para-hydroxylation sites is 2. The van der Waals surface area contributed by atoms with E-state index in [0.29, 0.717) is 5.69 Å². The van der Waals surface area contributed by atoms with Gasteiger partial charge in [0.2, 0.25) is 0 Å². The van der Waals surface area contributed by atoms with Gasteiger partial charge in [-0.3, -0.25) is 30.3 Å². The molecule has 2 aromatic rings. The standard InChI is InChI=1S/C18H17N5O5S/c24-17(20-18(29)19-13-5-1-2-6-14(13)22(25)26)12-7-8-15(16(11-12)23(27)28)21-9-3-4-10-21/h1-2,5-8,11H,3-4,9-10H2,(H2,19,20,24,29). The zero-order valence-electron chi connectivity index (χ0n) is 15.2. The minimum Gasteiger partial charge on any atom is -0.366 e. The first-order chi connectivity index (χ1) is 13.9. The smallest absolute Gasteiger partial charge is 0.293 e. The molecule has 1 aliphatic heterocycles. The third-order valence-corrected chi connectivity index (χ3v) is 4.66. The van der Waals surface area contributed by atoms with E-state index >= 15 is 0 Å². The molecule has 0 radical (unpaired) electrons. The van der Waals surface area contributed by atoms with Crippen molar-refractivity contribution in [2.45, 2.75) is 12.8 Å². The van der Waals surface area contributed by atoms with Crippen LogP contribution < -0.4 is 15.5 Å². The van der Waals surface area contributed by atoms with Gasteiger partial charge in [0.15, 0.2) is 5.11 Å². The Morgan fingerprint density at radius 2 is 1.66 bits per heavy atom. The lowest BCUT2D eigenvalue weighted by atomic mass is 10.1. The zero-order chi connectivity index (χ0) is 21.0. The highest BCUT2D eigenvalue weighted by molar-refractivity contribution is 7.80. The lowest BCUT2D eigenvalue weighted by Gasteiger charge is -2.18. The molecule has 0 aromatic heterocycles. The van der Waals surface area contributed by atoms with Gasteiger partial charge in [-0.2, -0.15) is 0 Å². The maximum absolute atomic E-state index is 12.5. The summed E-state index contributed by atoms with van der Waals surface area (Å²) in [5.74, 6) is -0.655. The van der Waals surface area contributed by atoms with Gasteiger partial charge in [0.1, 0.15) is 11.4 Å². The van der Waals surface area contributed by atoms with Crippen LogP contribution in [0.2, 0.25) is 0 Å². The SMILES string of the molecule is O=C(NC(=S)Nc1ccccc1[N+](=O)[O-])c1ccc(N2CCCC2)c([N+](=O)[O-])c1. The van der Waals surface area contributed by atoms with E-state index < -0.39 is 15.8 Å². The summed E-state index contributed by atoms with van der Waals surface area (Å²) in [7, 11) is 0. The number of carbonyl (C=O) groups is 1.